The van der Waals surface area contributed by atoms with E-state index in [0.717, 1.165) is 25.1 Å². The van der Waals surface area contributed by atoms with Gasteiger partial charge in [-0.25, -0.2) is 0 Å². The van der Waals surface area contributed by atoms with Crippen molar-refractivity contribution in [2.75, 3.05) is 33.8 Å². The van der Waals surface area contributed by atoms with E-state index in [0.29, 0.717) is 12.6 Å². The highest BCUT2D eigenvalue weighted by Crippen LogP contribution is 2.25. The molecule has 130 valence electrons. The lowest BCUT2D eigenvalue weighted by Crippen LogP contribution is -2.49. The first-order chi connectivity index (χ1) is 10.8. The molecule has 1 saturated heterocycles. The highest BCUT2D eigenvalue weighted by molar-refractivity contribution is 5.28. The van der Waals surface area contributed by atoms with Gasteiger partial charge < -0.3 is 14.7 Å². The van der Waals surface area contributed by atoms with E-state index in [-0.39, 0.29) is 18.3 Å². The Bertz CT molecular complexity index is 508. The second-order valence-electron chi connectivity index (χ2n) is 6.19. The molecule has 7 heteroatoms. The number of aliphatic hydroxyl groups is 1. The SMILES string of the molecule is CN(C)[C@@H]1CCN(Cc2cccc(OC(F)(F)F)c2)C[C@@H]1CO. The lowest BCUT2D eigenvalue weighted by Gasteiger charge is -2.40. The molecule has 1 aliphatic rings. The van der Waals surface area contributed by atoms with E-state index in [1.807, 2.05) is 14.1 Å². The van der Waals surface area contributed by atoms with Gasteiger partial charge in [0.2, 0.25) is 0 Å². The minimum atomic E-state index is -4.68. The number of piperidine rings is 1. The first-order valence-electron chi connectivity index (χ1n) is 7.63. The van der Waals surface area contributed by atoms with Gasteiger partial charge in [0, 0.05) is 31.7 Å². The molecular weight excluding hydrogens is 309 g/mol. The Morgan fingerprint density at radius 3 is 2.70 bits per heavy atom. The van der Waals surface area contributed by atoms with Crippen molar-refractivity contribution in [2.45, 2.75) is 25.4 Å². The van der Waals surface area contributed by atoms with Gasteiger partial charge in [0.1, 0.15) is 5.75 Å². The predicted molar refractivity (Wildman–Crippen MR) is 81.1 cm³/mol. The molecular formula is C16H23F3N2O2. The van der Waals surface area contributed by atoms with Gasteiger partial charge in [-0.2, -0.15) is 0 Å². The van der Waals surface area contributed by atoms with Gasteiger partial charge in [-0.15, -0.1) is 13.2 Å². The highest BCUT2D eigenvalue weighted by atomic mass is 19.4. The zero-order chi connectivity index (χ0) is 17.0. The van der Waals surface area contributed by atoms with Crippen LogP contribution < -0.4 is 4.74 Å². The summed E-state index contributed by atoms with van der Waals surface area (Å²) in [5.74, 6) is -0.0507. The summed E-state index contributed by atoms with van der Waals surface area (Å²) < 4.78 is 40.8. The Balaban J connectivity index is 1.99. The number of benzene rings is 1. The van der Waals surface area contributed by atoms with Crippen LogP contribution in [0.3, 0.4) is 0 Å². The molecule has 1 aromatic carbocycles. The fourth-order valence-corrected chi connectivity index (χ4v) is 3.20. The normalized spacial score (nSPS) is 23.3. The van der Waals surface area contributed by atoms with Crippen LogP contribution in [0, 0.1) is 5.92 Å². The monoisotopic (exact) mass is 332 g/mol. The third-order valence-corrected chi connectivity index (χ3v) is 4.21. The maximum absolute atomic E-state index is 12.3. The molecule has 1 aromatic rings. The summed E-state index contributed by atoms with van der Waals surface area (Å²) >= 11 is 0. The molecule has 4 nitrogen and oxygen atoms in total. The largest absolute Gasteiger partial charge is 0.573 e. The van der Waals surface area contributed by atoms with Crippen LogP contribution in [0.5, 0.6) is 5.75 Å². The Morgan fingerprint density at radius 1 is 1.35 bits per heavy atom. The second-order valence-corrected chi connectivity index (χ2v) is 6.19. The molecule has 0 amide bonds. The zero-order valence-electron chi connectivity index (χ0n) is 13.4. The van der Waals surface area contributed by atoms with Gasteiger partial charge in [-0.1, -0.05) is 12.1 Å². The molecule has 1 fully saturated rings. The number of alkyl halides is 3. The van der Waals surface area contributed by atoms with Crippen molar-refractivity contribution in [3.63, 3.8) is 0 Å². The molecule has 0 saturated carbocycles. The van der Waals surface area contributed by atoms with Crippen molar-refractivity contribution < 1.29 is 23.0 Å². The first-order valence-corrected chi connectivity index (χ1v) is 7.63. The van der Waals surface area contributed by atoms with Gasteiger partial charge in [-0.05, 0) is 44.8 Å². The van der Waals surface area contributed by atoms with E-state index < -0.39 is 6.36 Å². The number of rotatable bonds is 5. The van der Waals surface area contributed by atoms with E-state index in [1.54, 1.807) is 12.1 Å². The van der Waals surface area contributed by atoms with Crippen molar-refractivity contribution in [3.8, 4) is 5.75 Å². The van der Waals surface area contributed by atoms with E-state index in [4.69, 9.17) is 0 Å². The fraction of sp³-hybridized carbons (Fsp3) is 0.625. The van der Waals surface area contributed by atoms with Gasteiger partial charge in [0.25, 0.3) is 0 Å². The van der Waals surface area contributed by atoms with Gasteiger partial charge in [-0.3, -0.25) is 4.90 Å². The Kier molecular flexibility index (Phi) is 5.89. The molecule has 23 heavy (non-hydrogen) atoms. The minimum Gasteiger partial charge on any atom is -0.406 e. The van der Waals surface area contributed by atoms with Crippen LogP contribution in [0.25, 0.3) is 0 Å². The Labute approximate surface area is 134 Å². The number of aliphatic hydroxyl groups excluding tert-OH is 1. The van der Waals surface area contributed by atoms with Crippen LogP contribution >= 0.6 is 0 Å². The molecule has 0 unspecified atom stereocenters. The van der Waals surface area contributed by atoms with E-state index >= 15 is 0 Å². The summed E-state index contributed by atoms with van der Waals surface area (Å²) in [5.41, 5.74) is 0.770. The number of likely N-dealkylation sites (tertiary alicyclic amines) is 1. The summed E-state index contributed by atoms with van der Waals surface area (Å²) in [7, 11) is 4.00. The van der Waals surface area contributed by atoms with Gasteiger partial charge >= 0.3 is 6.36 Å². The molecule has 1 N–H and O–H groups in total. The fourth-order valence-electron chi connectivity index (χ4n) is 3.20. The van der Waals surface area contributed by atoms with Crippen molar-refractivity contribution in [2.24, 2.45) is 5.92 Å². The highest BCUT2D eigenvalue weighted by Gasteiger charge is 2.32. The van der Waals surface area contributed by atoms with Gasteiger partial charge in [0.15, 0.2) is 0 Å². The summed E-state index contributed by atoms with van der Waals surface area (Å²) in [6, 6.07) is 6.39. The standard InChI is InChI=1S/C16H23F3N2O2/c1-20(2)15-6-7-21(10-13(15)11-22)9-12-4-3-5-14(8-12)23-16(17,18)19/h3-5,8,13,15,22H,6-7,9-11H2,1-2H3/t13-,15-/m1/s1. The molecule has 1 aliphatic heterocycles. The van der Waals surface area contributed by atoms with Crippen LogP contribution in [-0.2, 0) is 6.54 Å². The van der Waals surface area contributed by atoms with Crippen LogP contribution in [0.4, 0.5) is 13.2 Å². The average molecular weight is 332 g/mol. The molecule has 2 rings (SSSR count). The van der Waals surface area contributed by atoms with Crippen molar-refractivity contribution >= 4 is 0 Å². The molecule has 0 radical (unpaired) electrons. The summed E-state index contributed by atoms with van der Waals surface area (Å²) in [4.78, 5) is 4.28. The Morgan fingerprint density at radius 2 is 2.09 bits per heavy atom. The van der Waals surface area contributed by atoms with Crippen LogP contribution in [-0.4, -0.2) is 61.1 Å². The number of hydrogen-bond acceptors (Lipinski definition) is 4. The summed E-state index contributed by atoms with van der Waals surface area (Å²) in [5, 5.41) is 9.57. The zero-order valence-corrected chi connectivity index (χ0v) is 13.4. The maximum atomic E-state index is 12.3. The van der Waals surface area contributed by atoms with Gasteiger partial charge in [0.05, 0.1) is 0 Å². The molecule has 0 bridgehead atoms. The van der Waals surface area contributed by atoms with E-state index in [1.165, 1.54) is 12.1 Å². The molecule has 0 spiro atoms. The lowest BCUT2D eigenvalue weighted by molar-refractivity contribution is -0.274. The maximum Gasteiger partial charge on any atom is 0.573 e. The molecule has 2 atom stereocenters. The average Bonchev–Trinajstić information content (AvgIpc) is 2.45. The van der Waals surface area contributed by atoms with Crippen molar-refractivity contribution in [1.29, 1.82) is 0 Å². The summed E-state index contributed by atoms with van der Waals surface area (Å²) in [6.45, 7) is 2.23. The number of halogens is 3. The van der Waals surface area contributed by atoms with Crippen LogP contribution in [0.1, 0.15) is 12.0 Å². The van der Waals surface area contributed by atoms with E-state index in [2.05, 4.69) is 14.5 Å². The third kappa shape index (κ3) is 5.37. The minimum absolute atomic E-state index is 0.108. The third-order valence-electron chi connectivity index (χ3n) is 4.21. The van der Waals surface area contributed by atoms with Crippen LogP contribution in [0.15, 0.2) is 24.3 Å². The van der Waals surface area contributed by atoms with Crippen LogP contribution in [0.2, 0.25) is 0 Å². The summed E-state index contributed by atoms with van der Waals surface area (Å²) in [6.07, 6.45) is -3.75. The quantitative estimate of drug-likeness (QED) is 0.898. The second kappa shape index (κ2) is 7.51. The smallest absolute Gasteiger partial charge is 0.406 e. The Hall–Kier alpha value is -1.31. The lowest BCUT2D eigenvalue weighted by atomic mass is 9.91. The predicted octanol–water partition coefficient (Wildman–Crippen LogP) is 2.33. The van der Waals surface area contributed by atoms with Crippen molar-refractivity contribution in [1.82, 2.24) is 9.80 Å². The van der Waals surface area contributed by atoms with E-state index in [9.17, 15) is 18.3 Å². The molecule has 1 heterocycles. The molecule has 0 aliphatic carbocycles. The molecule has 0 aromatic heterocycles. The number of hydrogen-bond donors (Lipinski definition) is 1. The first kappa shape index (κ1) is 18.0. The van der Waals surface area contributed by atoms with Crippen molar-refractivity contribution in [3.05, 3.63) is 29.8 Å². The number of ether oxygens (including phenoxy) is 1. The number of nitrogens with zero attached hydrogens (tertiary/aromatic N) is 2. The topological polar surface area (TPSA) is 35.9 Å².